The van der Waals surface area contributed by atoms with Crippen LogP contribution in [0, 0.1) is 0 Å². The fourth-order valence-corrected chi connectivity index (χ4v) is 2.94. The molecule has 0 saturated heterocycles. The summed E-state index contributed by atoms with van der Waals surface area (Å²) in [6, 6.07) is 6.28. The van der Waals surface area contributed by atoms with Crippen molar-refractivity contribution >= 4 is 46.6 Å². The van der Waals surface area contributed by atoms with Gasteiger partial charge in [0.1, 0.15) is 0 Å². The van der Waals surface area contributed by atoms with E-state index in [0.717, 1.165) is 0 Å². The fourth-order valence-electron chi connectivity index (χ4n) is 1.77. The molecule has 0 fully saturated rings. The number of nitrogens with zero attached hydrogens (tertiary/aromatic N) is 1. The number of benzene rings is 1. The zero-order chi connectivity index (χ0) is 17.0. The van der Waals surface area contributed by atoms with Crippen LogP contribution in [0.3, 0.4) is 0 Å². The van der Waals surface area contributed by atoms with E-state index in [0.29, 0.717) is 33.0 Å². The average Bonchev–Trinajstić information content (AvgIpc) is 2.50. The van der Waals surface area contributed by atoms with Crippen molar-refractivity contribution in [3.8, 4) is 0 Å². The van der Waals surface area contributed by atoms with E-state index in [1.54, 1.807) is 25.1 Å². The van der Waals surface area contributed by atoms with Gasteiger partial charge in [-0.3, -0.25) is 9.59 Å². The van der Waals surface area contributed by atoms with Crippen molar-refractivity contribution in [2.24, 2.45) is 0 Å². The number of carbonyl (C=O) groups excluding carboxylic acids is 1. The van der Waals surface area contributed by atoms with Gasteiger partial charge in [0.25, 0.3) is 5.56 Å². The van der Waals surface area contributed by atoms with Gasteiger partial charge in [0, 0.05) is 16.8 Å². The van der Waals surface area contributed by atoms with Gasteiger partial charge in [-0.2, -0.15) is 0 Å². The third kappa shape index (κ3) is 4.99. The van der Waals surface area contributed by atoms with E-state index in [4.69, 9.17) is 23.2 Å². The first-order chi connectivity index (χ1) is 10.9. The van der Waals surface area contributed by atoms with Crippen LogP contribution in [-0.2, 0) is 11.2 Å². The zero-order valence-electron chi connectivity index (χ0n) is 12.5. The number of hydrogen-bond acceptors (Lipinski definition) is 4. The molecule has 1 amide bonds. The second-order valence-electron chi connectivity index (χ2n) is 4.77. The number of aryl methyl sites for hydroxylation is 1. The van der Waals surface area contributed by atoms with Gasteiger partial charge in [0.05, 0.1) is 16.0 Å². The van der Waals surface area contributed by atoms with Crippen molar-refractivity contribution in [2.75, 3.05) is 5.32 Å². The number of halogens is 2. The van der Waals surface area contributed by atoms with Crippen LogP contribution in [0.5, 0.6) is 0 Å². The number of hydrogen-bond donors (Lipinski definition) is 2. The molecule has 0 radical (unpaired) electrons. The van der Waals surface area contributed by atoms with Crippen molar-refractivity contribution in [1.82, 2.24) is 9.97 Å². The molecule has 8 heteroatoms. The Morgan fingerprint density at radius 3 is 2.83 bits per heavy atom. The van der Waals surface area contributed by atoms with Gasteiger partial charge in [-0.05, 0) is 31.5 Å². The first kappa shape index (κ1) is 17.8. The summed E-state index contributed by atoms with van der Waals surface area (Å²) < 4.78 is 0. The minimum Gasteiger partial charge on any atom is -0.324 e. The summed E-state index contributed by atoms with van der Waals surface area (Å²) in [5.41, 5.74) is 0.895. The molecule has 5 nitrogen and oxygen atoms in total. The third-order valence-corrected chi connectivity index (χ3v) is 4.53. The van der Waals surface area contributed by atoms with Gasteiger partial charge < -0.3 is 10.3 Å². The standard InChI is InChI=1S/C15H15Cl2N3O2S/c1-3-10-7-13(21)20-15(18-10)23-8(2)14(22)19-12-6-9(16)4-5-11(12)17/h4-8H,3H2,1-2H3,(H,19,22)(H,18,20,21). The van der Waals surface area contributed by atoms with Crippen molar-refractivity contribution in [2.45, 2.75) is 30.7 Å². The summed E-state index contributed by atoms with van der Waals surface area (Å²) in [4.78, 5) is 30.7. The lowest BCUT2D eigenvalue weighted by Gasteiger charge is -2.13. The number of aromatic nitrogens is 2. The molecule has 122 valence electrons. The normalized spacial score (nSPS) is 12.0. The molecular weight excluding hydrogens is 357 g/mol. The highest BCUT2D eigenvalue weighted by Gasteiger charge is 2.17. The summed E-state index contributed by atoms with van der Waals surface area (Å²) in [5, 5.41) is 3.54. The topological polar surface area (TPSA) is 74.8 Å². The first-order valence-electron chi connectivity index (χ1n) is 6.92. The molecule has 1 atom stereocenters. The lowest BCUT2D eigenvalue weighted by Crippen LogP contribution is -2.23. The third-order valence-electron chi connectivity index (χ3n) is 2.98. The zero-order valence-corrected chi connectivity index (χ0v) is 14.9. The second-order valence-corrected chi connectivity index (χ2v) is 6.94. The van der Waals surface area contributed by atoms with Crippen LogP contribution in [-0.4, -0.2) is 21.1 Å². The lowest BCUT2D eigenvalue weighted by molar-refractivity contribution is -0.115. The van der Waals surface area contributed by atoms with E-state index in [1.165, 1.54) is 17.8 Å². The molecule has 1 aromatic heterocycles. The van der Waals surface area contributed by atoms with Crippen molar-refractivity contribution in [3.63, 3.8) is 0 Å². The van der Waals surface area contributed by atoms with Crippen LogP contribution < -0.4 is 10.9 Å². The summed E-state index contributed by atoms with van der Waals surface area (Å²) in [7, 11) is 0. The molecule has 0 bridgehead atoms. The van der Waals surface area contributed by atoms with Gasteiger partial charge in [-0.1, -0.05) is 41.9 Å². The van der Waals surface area contributed by atoms with Gasteiger partial charge in [0.2, 0.25) is 5.91 Å². The molecule has 0 aliphatic rings. The molecule has 2 aromatic rings. The SMILES string of the molecule is CCc1cc(=O)[nH]c(SC(C)C(=O)Nc2cc(Cl)ccc2Cl)n1. The molecule has 0 saturated carbocycles. The number of rotatable bonds is 5. The van der Waals surface area contributed by atoms with Crippen LogP contribution in [0.2, 0.25) is 10.0 Å². The highest BCUT2D eigenvalue weighted by molar-refractivity contribution is 8.00. The predicted octanol–water partition coefficient (Wildman–Crippen LogP) is 3.76. The molecule has 2 rings (SSSR count). The summed E-state index contributed by atoms with van der Waals surface area (Å²) in [6.07, 6.45) is 0.649. The van der Waals surface area contributed by atoms with Crippen LogP contribution in [0.15, 0.2) is 34.2 Å². The quantitative estimate of drug-likeness (QED) is 0.619. The Labute approximate surface area is 147 Å². The largest absolute Gasteiger partial charge is 0.324 e. The Morgan fingerprint density at radius 2 is 2.13 bits per heavy atom. The van der Waals surface area contributed by atoms with Crippen molar-refractivity contribution < 1.29 is 4.79 Å². The molecule has 23 heavy (non-hydrogen) atoms. The van der Waals surface area contributed by atoms with E-state index in [1.807, 2.05) is 6.92 Å². The maximum atomic E-state index is 12.3. The summed E-state index contributed by atoms with van der Waals surface area (Å²) in [5.74, 6) is -0.260. The molecular formula is C15H15Cl2N3O2S. The van der Waals surface area contributed by atoms with E-state index in [-0.39, 0.29) is 11.5 Å². The monoisotopic (exact) mass is 371 g/mol. The smallest absolute Gasteiger partial charge is 0.251 e. The number of carbonyl (C=O) groups is 1. The number of aromatic amines is 1. The molecule has 1 unspecified atom stereocenters. The van der Waals surface area contributed by atoms with Gasteiger partial charge in [0.15, 0.2) is 5.16 Å². The van der Waals surface area contributed by atoms with E-state index < -0.39 is 5.25 Å². The summed E-state index contributed by atoms with van der Waals surface area (Å²) in [6.45, 7) is 3.63. The van der Waals surface area contributed by atoms with E-state index in [9.17, 15) is 9.59 Å². The Balaban J connectivity index is 2.09. The average molecular weight is 372 g/mol. The maximum absolute atomic E-state index is 12.3. The van der Waals surface area contributed by atoms with Crippen LogP contribution in [0.25, 0.3) is 0 Å². The predicted molar refractivity (Wildman–Crippen MR) is 94.6 cm³/mol. The van der Waals surface area contributed by atoms with Crippen LogP contribution >= 0.6 is 35.0 Å². The van der Waals surface area contributed by atoms with Gasteiger partial charge >= 0.3 is 0 Å². The molecule has 2 N–H and O–H groups in total. The maximum Gasteiger partial charge on any atom is 0.251 e. The van der Waals surface area contributed by atoms with Crippen LogP contribution in [0.1, 0.15) is 19.5 Å². The van der Waals surface area contributed by atoms with Crippen LogP contribution in [0.4, 0.5) is 5.69 Å². The number of H-pyrrole nitrogens is 1. The molecule has 1 aromatic carbocycles. The number of nitrogens with one attached hydrogen (secondary N) is 2. The first-order valence-corrected chi connectivity index (χ1v) is 8.55. The molecule has 0 aliphatic heterocycles. The highest BCUT2D eigenvalue weighted by atomic mass is 35.5. The van der Waals surface area contributed by atoms with Gasteiger partial charge in [-0.25, -0.2) is 4.98 Å². The van der Waals surface area contributed by atoms with E-state index >= 15 is 0 Å². The van der Waals surface area contributed by atoms with Gasteiger partial charge in [-0.15, -0.1) is 0 Å². The Bertz CT molecular complexity index is 780. The number of thioether (sulfide) groups is 1. The van der Waals surface area contributed by atoms with E-state index in [2.05, 4.69) is 15.3 Å². The lowest BCUT2D eigenvalue weighted by atomic mass is 10.3. The Hall–Kier alpha value is -1.50. The Morgan fingerprint density at radius 1 is 1.39 bits per heavy atom. The molecule has 0 aliphatic carbocycles. The fraction of sp³-hybridized carbons (Fsp3) is 0.267. The second kappa shape index (κ2) is 7.86. The summed E-state index contributed by atoms with van der Waals surface area (Å²) >= 11 is 13.1. The molecule has 1 heterocycles. The number of amides is 1. The van der Waals surface area contributed by atoms with Crippen molar-refractivity contribution in [3.05, 3.63) is 50.4 Å². The minimum atomic E-state index is -0.472. The van der Waals surface area contributed by atoms with Crippen molar-refractivity contribution in [1.29, 1.82) is 0 Å². The number of anilines is 1. The Kier molecular flexibility index (Phi) is 6.10. The highest BCUT2D eigenvalue weighted by Crippen LogP contribution is 2.27. The molecule has 0 spiro atoms. The minimum absolute atomic E-state index is 0.232.